The summed E-state index contributed by atoms with van der Waals surface area (Å²) in [7, 11) is -0.0862. The van der Waals surface area contributed by atoms with Crippen LogP contribution in [-0.4, -0.2) is 99.8 Å². The minimum atomic E-state index is -3.91. The molecule has 0 unspecified atom stereocenters. The van der Waals surface area contributed by atoms with Crippen molar-refractivity contribution >= 4 is 55.8 Å². The van der Waals surface area contributed by atoms with Gasteiger partial charge in [0.1, 0.15) is 5.58 Å². The van der Waals surface area contributed by atoms with Crippen molar-refractivity contribution < 1.29 is 27.2 Å². The number of likely N-dealkylation sites (N-methyl/N-ethyl adjacent to an activating group) is 1. The van der Waals surface area contributed by atoms with Crippen molar-refractivity contribution in [3.05, 3.63) is 67.5 Å². The molecule has 3 aromatic rings. The zero-order chi connectivity index (χ0) is 36.7. The predicted octanol–water partition coefficient (Wildman–Crippen LogP) is 4.46. The standard InChI is InChI=1S/C38H46ClN5O7S/c1-22-31(42-16-15-41(3)26(19-42)21-50-4)10-9-28-27-11-14-43(20-29(27)37(47)51-34(22)28)36(46)23-17-30(39)33(35(45)40-52(48,49)38(2)12-13-38)32(18-23)44-24-5-6-25(44)8-7-24/h9-10,17-18,24-26H,5-8,11-16,19-21H2,1-4H3,(H,40,45)/t24?,25?,26-/m1/s1. The van der Waals surface area contributed by atoms with Crippen LogP contribution in [0.3, 0.4) is 0 Å². The Morgan fingerprint density at radius 1 is 1.04 bits per heavy atom. The van der Waals surface area contributed by atoms with Gasteiger partial charge in [-0.3, -0.25) is 14.5 Å². The number of anilines is 2. The smallest absolute Gasteiger partial charge is 0.341 e. The number of amides is 2. The van der Waals surface area contributed by atoms with E-state index in [0.29, 0.717) is 49.2 Å². The monoisotopic (exact) mass is 751 g/mol. The third-order valence-corrected chi connectivity index (χ3v) is 14.8. The van der Waals surface area contributed by atoms with E-state index in [1.807, 2.05) is 13.0 Å². The summed E-state index contributed by atoms with van der Waals surface area (Å²) in [6.07, 6.45) is 5.26. The van der Waals surface area contributed by atoms with E-state index in [1.54, 1.807) is 25.0 Å². The Hall–Kier alpha value is -3.65. The largest absolute Gasteiger partial charge is 0.422 e. The lowest BCUT2D eigenvalue weighted by Crippen LogP contribution is -2.53. The second kappa shape index (κ2) is 13.0. The van der Waals surface area contributed by atoms with E-state index < -0.39 is 26.3 Å². The van der Waals surface area contributed by atoms with E-state index in [9.17, 15) is 22.8 Å². The summed E-state index contributed by atoms with van der Waals surface area (Å²) in [6, 6.07) is 7.89. The summed E-state index contributed by atoms with van der Waals surface area (Å²) >= 11 is 6.82. The fourth-order valence-corrected chi connectivity index (χ4v) is 10.4. The molecule has 4 fully saturated rings. The number of carbonyl (C=O) groups excluding carboxylic acids is 2. The molecule has 0 spiro atoms. The van der Waals surface area contributed by atoms with Crippen LogP contribution in [0.2, 0.25) is 5.02 Å². The van der Waals surface area contributed by atoms with Crippen molar-refractivity contribution in [1.29, 1.82) is 0 Å². The molecule has 5 aliphatic rings. The van der Waals surface area contributed by atoms with E-state index in [2.05, 4.69) is 32.5 Å². The summed E-state index contributed by atoms with van der Waals surface area (Å²) in [5, 5.41) is 0.898. The molecule has 14 heteroatoms. The highest BCUT2D eigenvalue weighted by molar-refractivity contribution is 7.91. The number of benzene rings is 2. The fourth-order valence-electron chi connectivity index (χ4n) is 8.88. The average molecular weight is 752 g/mol. The second-order valence-corrected chi connectivity index (χ2v) is 18.2. The molecule has 1 N–H and O–H groups in total. The highest BCUT2D eigenvalue weighted by Crippen LogP contribution is 2.46. The number of piperazine rings is 1. The highest BCUT2D eigenvalue weighted by atomic mass is 35.5. The summed E-state index contributed by atoms with van der Waals surface area (Å²) in [6.45, 7) is 7.26. The van der Waals surface area contributed by atoms with Crippen molar-refractivity contribution in [2.75, 3.05) is 56.7 Å². The Balaban J connectivity index is 1.09. The number of methoxy groups -OCH3 is 1. The molecular weight excluding hydrogens is 706 g/mol. The summed E-state index contributed by atoms with van der Waals surface area (Å²) in [5.74, 6) is -1.10. The zero-order valence-corrected chi connectivity index (χ0v) is 31.7. The highest BCUT2D eigenvalue weighted by Gasteiger charge is 2.51. The zero-order valence-electron chi connectivity index (χ0n) is 30.2. The van der Waals surface area contributed by atoms with Crippen LogP contribution >= 0.6 is 11.6 Å². The fraction of sp³-hybridized carbons (Fsp3) is 0.553. The molecule has 1 atom stereocenters. The van der Waals surface area contributed by atoms with Gasteiger partial charge in [0.15, 0.2) is 0 Å². The molecule has 52 heavy (non-hydrogen) atoms. The molecule has 1 saturated carbocycles. The lowest BCUT2D eigenvalue weighted by Gasteiger charge is -2.41. The van der Waals surface area contributed by atoms with E-state index in [4.69, 9.17) is 20.8 Å². The Kier molecular flexibility index (Phi) is 8.87. The van der Waals surface area contributed by atoms with Gasteiger partial charge in [0, 0.05) is 67.6 Å². The number of hydrogen-bond acceptors (Lipinski definition) is 10. The normalized spacial score (nSPS) is 24.0. The number of halogens is 1. The molecule has 0 radical (unpaired) electrons. The van der Waals surface area contributed by atoms with Crippen molar-refractivity contribution in [3.8, 4) is 0 Å². The number of carbonyl (C=O) groups is 2. The van der Waals surface area contributed by atoms with Crippen LogP contribution < -0.4 is 20.1 Å². The van der Waals surface area contributed by atoms with Crippen molar-refractivity contribution in [1.82, 2.24) is 14.5 Å². The molecule has 1 aliphatic carbocycles. The molecule has 278 valence electrons. The summed E-state index contributed by atoms with van der Waals surface area (Å²) < 4.78 is 38.9. The van der Waals surface area contributed by atoms with Crippen molar-refractivity contribution in [2.24, 2.45) is 0 Å². The van der Waals surface area contributed by atoms with Crippen LogP contribution in [0.15, 0.2) is 33.5 Å². The number of hydrogen-bond donors (Lipinski definition) is 1. The number of ether oxygens (including phenoxy) is 1. The van der Waals surface area contributed by atoms with Gasteiger partial charge >= 0.3 is 5.63 Å². The minimum Gasteiger partial charge on any atom is -0.422 e. The third-order valence-electron chi connectivity index (χ3n) is 12.4. The van der Waals surface area contributed by atoms with E-state index in [1.165, 1.54) is 6.07 Å². The first-order chi connectivity index (χ1) is 24.8. The van der Waals surface area contributed by atoms with Crippen LogP contribution in [0.5, 0.6) is 0 Å². The number of fused-ring (bicyclic) bond motifs is 5. The van der Waals surface area contributed by atoms with Gasteiger partial charge in [-0.15, -0.1) is 0 Å². The number of aryl methyl sites for hydroxylation is 1. The molecule has 4 aliphatic heterocycles. The van der Waals surface area contributed by atoms with Gasteiger partial charge in [-0.05, 0) is 95.7 Å². The Labute approximate surface area is 309 Å². The maximum atomic E-state index is 14.2. The number of nitrogens with zero attached hydrogens (tertiary/aromatic N) is 4. The number of rotatable bonds is 8. The lowest BCUT2D eigenvalue weighted by atomic mass is 9.95. The van der Waals surface area contributed by atoms with Gasteiger partial charge in [0.2, 0.25) is 10.0 Å². The average Bonchev–Trinajstić information content (AvgIpc) is 3.59. The lowest BCUT2D eigenvalue weighted by molar-refractivity contribution is 0.0732. The van der Waals surface area contributed by atoms with Crippen LogP contribution in [0.1, 0.15) is 82.9 Å². The molecule has 3 saturated heterocycles. The Morgan fingerprint density at radius 2 is 1.75 bits per heavy atom. The summed E-state index contributed by atoms with van der Waals surface area (Å²) in [5.41, 5.74) is 4.26. The van der Waals surface area contributed by atoms with Crippen LogP contribution in [0.25, 0.3) is 11.0 Å². The first-order valence-corrected chi connectivity index (χ1v) is 20.2. The molecule has 12 nitrogen and oxygen atoms in total. The quantitative estimate of drug-likeness (QED) is 0.329. The van der Waals surface area contributed by atoms with Gasteiger partial charge in [-0.2, -0.15) is 0 Å². The third kappa shape index (κ3) is 5.88. The first-order valence-electron chi connectivity index (χ1n) is 18.3. The van der Waals surface area contributed by atoms with Crippen LogP contribution in [-0.2, 0) is 27.7 Å². The molecule has 2 bridgehead atoms. The van der Waals surface area contributed by atoms with Gasteiger partial charge in [-0.25, -0.2) is 17.9 Å². The second-order valence-electron chi connectivity index (χ2n) is 15.6. The van der Waals surface area contributed by atoms with Crippen molar-refractivity contribution in [3.63, 3.8) is 0 Å². The molecule has 1 aromatic heterocycles. The maximum Gasteiger partial charge on any atom is 0.341 e. The Bertz CT molecular complexity index is 2130. The maximum absolute atomic E-state index is 14.2. The van der Waals surface area contributed by atoms with Gasteiger partial charge < -0.3 is 23.9 Å². The molecule has 2 aromatic carbocycles. The topological polar surface area (TPSA) is 133 Å². The van der Waals surface area contributed by atoms with Crippen LogP contribution in [0, 0.1) is 6.92 Å². The SMILES string of the molecule is COC[C@H]1CN(c2ccc3c4c(c(=O)oc3c2C)CN(C(=O)c2cc(Cl)c(C(=O)NS(=O)(=O)C3(C)CC3)c(N3C5CCC3CC5)c2)CC4)CCN1C. The summed E-state index contributed by atoms with van der Waals surface area (Å²) in [4.78, 5) is 49.9. The number of sulfonamides is 1. The van der Waals surface area contributed by atoms with E-state index in [-0.39, 0.29) is 46.7 Å². The number of nitrogens with one attached hydrogen (secondary N) is 1. The molecule has 2 amide bonds. The van der Waals surface area contributed by atoms with Gasteiger partial charge in [0.25, 0.3) is 11.8 Å². The molecular formula is C38H46ClN5O7S. The molecule has 8 rings (SSSR count). The van der Waals surface area contributed by atoms with Crippen molar-refractivity contribution in [2.45, 2.75) is 88.2 Å². The Morgan fingerprint density at radius 3 is 2.42 bits per heavy atom. The molecule has 5 heterocycles. The van der Waals surface area contributed by atoms with Gasteiger partial charge in [0.05, 0.1) is 45.8 Å². The van der Waals surface area contributed by atoms with Gasteiger partial charge in [-0.1, -0.05) is 11.6 Å². The van der Waals surface area contributed by atoms with E-state index >= 15 is 0 Å². The first kappa shape index (κ1) is 35.4. The van der Waals surface area contributed by atoms with Crippen LogP contribution in [0.4, 0.5) is 11.4 Å². The predicted molar refractivity (Wildman–Crippen MR) is 200 cm³/mol. The minimum absolute atomic E-state index is 0.0175. The van der Waals surface area contributed by atoms with E-state index in [0.717, 1.165) is 67.5 Å².